The zero-order valence-electron chi connectivity index (χ0n) is 25.9. The van der Waals surface area contributed by atoms with Crippen molar-refractivity contribution in [2.75, 3.05) is 62.7 Å². The summed E-state index contributed by atoms with van der Waals surface area (Å²) >= 11 is 6.70. The monoisotopic (exact) mass is 631 g/mol. The summed E-state index contributed by atoms with van der Waals surface area (Å²) in [6, 6.07) is 12.2. The lowest BCUT2D eigenvalue weighted by Gasteiger charge is -2.41. The second-order valence-corrected chi connectivity index (χ2v) is 12.8. The van der Waals surface area contributed by atoms with Crippen molar-refractivity contribution < 1.29 is 13.9 Å². The minimum absolute atomic E-state index is 0.0621. The first-order valence-corrected chi connectivity index (χ1v) is 16.0. The van der Waals surface area contributed by atoms with Crippen molar-refractivity contribution in [3.63, 3.8) is 0 Å². The molecule has 9 nitrogen and oxygen atoms in total. The highest BCUT2D eigenvalue weighted by Crippen LogP contribution is 2.37. The number of halogens is 2. The molecule has 2 aliphatic heterocycles. The van der Waals surface area contributed by atoms with Crippen LogP contribution in [0.2, 0.25) is 5.02 Å². The first-order chi connectivity index (χ1) is 21.7. The average molecular weight is 632 g/mol. The fourth-order valence-corrected chi connectivity index (χ4v) is 6.68. The van der Waals surface area contributed by atoms with Crippen LogP contribution in [0.15, 0.2) is 48.8 Å². The number of rotatable bonds is 10. The minimum atomic E-state index is -1.01. The van der Waals surface area contributed by atoms with Gasteiger partial charge in [0.15, 0.2) is 5.83 Å². The molecule has 3 aliphatic rings. The fraction of sp³-hybridized carbons (Fsp3) is 0.471. The predicted octanol–water partition coefficient (Wildman–Crippen LogP) is 5.37. The molecule has 2 fully saturated rings. The lowest BCUT2D eigenvalue weighted by atomic mass is 10.0. The standard InChI is InChI=1S/C34H39ClFN7O2/c1-22(40(4)18-24-11-12-24)21-45-34-38-29-20-41(30-10-6-8-25-7-5-9-28(35)31(25)30)14-13-27(29)32(39-34)42-15-16-43(33(44)23(2)36)26(19-42)17-37-3/h5-10,22,24,26H,2,11-21H2,1,4H3/t22-,26+/m1/s1. The minimum Gasteiger partial charge on any atom is -0.462 e. The van der Waals surface area contributed by atoms with Gasteiger partial charge in [-0.25, -0.2) is 11.0 Å². The number of fused-ring (bicyclic) bond motifs is 2. The number of hydrogen-bond donors (Lipinski definition) is 0. The molecule has 45 heavy (non-hydrogen) atoms. The normalized spacial score (nSPS) is 18.9. The third-order valence-electron chi connectivity index (χ3n) is 9.22. The maximum absolute atomic E-state index is 13.8. The molecule has 0 spiro atoms. The Bertz CT molecular complexity index is 1640. The van der Waals surface area contributed by atoms with Crippen LogP contribution in [0.3, 0.4) is 0 Å². The summed E-state index contributed by atoms with van der Waals surface area (Å²) in [5.41, 5.74) is 2.96. The topological polar surface area (TPSA) is 69.4 Å². The number of ether oxygens (including phenoxy) is 1. The highest BCUT2D eigenvalue weighted by Gasteiger charge is 2.36. The van der Waals surface area contributed by atoms with E-state index in [4.69, 9.17) is 32.9 Å². The van der Waals surface area contributed by atoms with Crippen molar-refractivity contribution in [3.05, 3.63) is 76.5 Å². The van der Waals surface area contributed by atoms with E-state index in [1.807, 2.05) is 18.2 Å². The Balaban J connectivity index is 1.31. The summed E-state index contributed by atoms with van der Waals surface area (Å²) in [7, 11) is 2.13. The van der Waals surface area contributed by atoms with Crippen LogP contribution in [0.4, 0.5) is 15.9 Å². The molecule has 0 bridgehead atoms. The largest absolute Gasteiger partial charge is 0.462 e. The van der Waals surface area contributed by atoms with Gasteiger partial charge in [0, 0.05) is 55.4 Å². The van der Waals surface area contributed by atoms with E-state index < -0.39 is 17.8 Å². The van der Waals surface area contributed by atoms with Gasteiger partial charge < -0.3 is 29.2 Å². The van der Waals surface area contributed by atoms with Gasteiger partial charge in [0.25, 0.3) is 5.91 Å². The summed E-state index contributed by atoms with van der Waals surface area (Å²) in [6.45, 7) is 16.7. The maximum atomic E-state index is 13.8. The van der Waals surface area contributed by atoms with Crippen molar-refractivity contribution in [2.45, 2.75) is 44.8 Å². The number of hydrogen-bond acceptors (Lipinski definition) is 7. The molecule has 3 aromatic rings. The number of likely N-dealkylation sites (N-methyl/N-ethyl adjacent to an activating group) is 1. The number of carbonyl (C=O) groups excluding carboxylic acids is 1. The molecular formula is C34H39ClFN7O2. The van der Waals surface area contributed by atoms with E-state index in [-0.39, 0.29) is 19.1 Å². The average Bonchev–Trinajstić information content (AvgIpc) is 3.86. The van der Waals surface area contributed by atoms with Gasteiger partial charge in [-0.2, -0.15) is 9.97 Å². The molecule has 236 valence electrons. The Morgan fingerprint density at radius 1 is 1.20 bits per heavy atom. The number of piperazine rings is 1. The van der Waals surface area contributed by atoms with Crippen LogP contribution in [0.1, 0.15) is 31.0 Å². The lowest BCUT2D eigenvalue weighted by molar-refractivity contribution is -0.131. The van der Waals surface area contributed by atoms with Crippen LogP contribution in [0, 0.1) is 12.5 Å². The smallest absolute Gasteiger partial charge is 0.318 e. The van der Waals surface area contributed by atoms with E-state index in [0.29, 0.717) is 43.7 Å². The van der Waals surface area contributed by atoms with E-state index in [2.05, 4.69) is 58.3 Å². The van der Waals surface area contributed by atoms with E-state index in [1.165, 1.54) is 17.7 Å². The molecule has 6 rings (SSSR count). The van der Waals surface area contributed by atoms with Gasteiger partial charge in [-0.15, -0.1) is 0 Å². The number of aromatic nitrogens is 2. The van der Waals surface area contributed by atoms with Crippen LogP contribution in [0.5, 0.6) is 6.01 Å². The Labute approximate surface area is 269 Å². The number of carbonyl (C=O) groups is 1. The van der Waals surface area contributed by atoms with Crippen LogP contribution < -0.4 is 14.5 Å². The second kappa shape index (κ2) is 13.2. The number of amides is 1. The molecule has 1 saturated heterocycles. The molecule has 0 radical (unpaired) electrons. The summed E-state index contributed by atoms with van der Waals surface area (Å²) in [5.74, 6) is -0.236. The summed E-state index contributed by atoms with van der Waals surface area (Å²) in [5, 5.41) is 2.80. The van der Waals surface area contributed by atoms with Crippen LogP contribution in [-0.4, -0.2) is 90.7 Å². The number of nitrogens with zero attached hydrogens (tertiary/aromatic N) is 7. The highest BCUT2D eigenvalue weighted by atomic mass is 35.5. The van der Waals surface area contributed by atoms with E-state index in [0.717, 1.165) is 52.5 Å². The highest BCUT2D eigenvalue weighted by molar-refractivity contribution is 6.36. The molecule has 1 saturated carbocycles. The lowest BCUT2D eigenvalue weighted by Crippen LogP contribution is -2.57. The SMILES string of the molecule is [C-]#[N+]C[C@H]1CN(c2nc(OC[C@@H](C)N(C)CC3CC3)nc3c2CCN(c2cccc4cccc(Cl)c24)C3)CCN1C(=O)C(=C)F. The van der Waals surface area contributed by atoms with Crippen molar-refractivity contribution in [3.8, 4) is 6.01 Å². The van der Waals surface area contributed by atoms with E-state index >= 15 is 0 Å². The van der Waals surface area contributed by atoms with Gasteiger partial charge >= 0.3 is 6.01 Å². The molecule has 1 aliphatic carbocycles. The zero-order chi connectivity index (χ0) is 31.7. The van der Waals surface area contributed by atoms with Crippen LogP contribution in [-0.2, 0) is 17.8 Å². The van der Waals surface area contributed by atoms with Gasteiger partial charge in [0.2, 0.25) is 6.54 Å². The predicted molar refractivity (Wildman–Crippen MR) is 175 cm³/mol. The zero-order valence-corrected chi connectivity index (χ0v) is 26.6. The fourth-order valence-electron chi connectivity index (χ4n) is 6.40. The number of benzene rings is 2. The first kappa shape index (κ1) is 31.1. The molecule has 0 unspecified atom stereocenters. The van der Waals surface area contributed by atoms with Gasteiger partial charge in [-0.05, 0) is 56.7 Å². The molecular weight excluding hydrogens is 593 g/mol. The quantitative estimate of drug-likeness (QED) is 0.220. The second-order valence-electron chi connectivity index (χ2n) is 12.4. The molecule has 0 N–H and O–H groups in total. The summed E-state index contributed by atoms with van der Waals surface area (Å²) < 4.78 is 20.1. The molecule has 2 aromatic carbocycles. The Hall–Kier alpha value is -3.94. The Kier molecular flexibility index (Phi) is 9.11. The van der Waals surface area contributed by atoms with Crippen molar-refractivity contribution in [1.82, 2.24) is 19.8 Å². The van der Waals surface area contributed by atoms with E-state index in [9.17, 15) is 9.18 Å². The van der Waals surface area contributed by atoms with Gasteiger partial charge in [-0.1, -0.05) is 42.4 Å². The third-order valence-corrected chi connectivity index (χ3v) is 9.54. The summed E-state index contributed by atoms with van der Waals surface area (Å²) in [6.07, 6.45) is 3.28. The van der Waals surface area contributed by atoms with Crippen LogP contribution in [0.25, 0.3) is 15.6 Å². The first-order valence-electron chi connectivity index (χ1n) is 15.6. The van der Waals surface area contributed by atoms with Gasteiger partial charge in [0.05, 0.1) is 17.3 Å². The molecule has 2 atom stereocenters. The van der Waals surface area contributed by atoms with Crippen molar-refractivity contribution in [2.24, 2.45) is 5.92 Å². The maximum Gasteiger partial charge on any atom is 0.318 e. The molecule has 1 aromatic heterocycles. The van der Waals surface area contributed by atoms with Crippen molar-refractivity contribution in [1.29, 1.82) is 0 Å². The third kappa shape index (κ3) is 6.70. The van der Waals surface area contributed by atoms with E-state index in [1.54, 1.807) is 0 Å². The van der Waals surface area contributed by atoms with Crippen LogP contribution >= 0.6 is 11.6 Å². The molecule has 1 amide bonds. The Morgan fingerprint density at radius 3 is 2.71 bits per heavy atom. The van der Waals surface area contributed by atoms with Gasteiger partial charge in [-0.3, -0.25) is 4.79 Å². The molecule has 11 heteroatoms. The summed E-state index contributed by atoms with van der Waals surface area (Å²) in [4.78, 5) is 34.1. The Morgan fingerprint density at radius 2 is 1.98 bits per heavy atom. The molecule has 3 heterocycles. The van der Waals surface area contributed by atoms with Gasteiger partial charge in [0.1, 0.15) is 18.5 Å². The number of anilines is 2. The van der Waals surface area contributed by atoms with Crippen molar-refractivity contribution >= 4 is 39.8 Å².